The van der Waals surface area contributed by atoms with Crippen LogP contribution in [0.1, 0.15) is 26.3 Å². The lowest BCUT2D eigenvalue weighted by atomic mass is 10.1. The summed E-state index contributed by atoms with van der Waals surface area (Å²) < 4.78 is 27.5. The quantitative estimate of drug-likeness (QED) is 0.418. The van der Waals surface area contributed by atoms with Crippen molar-refractivity contribution in [1.29, 1.82) is 0 Å². The smallest absolute Gasteiger partial charge is 0.243 e. The summed E-state index contributed by atoms with van der Waals surface area (Å²) in [4.78, 5) is 27.6. The van der Waals surface area contributed by atoms with Gasteiger partial charge in [-0.2, -0.15) is 4.31 Å². The van der Waals surface area contributed by atoms with Gasteiger partial charge in [0.05, 0.1) is 11.4 Å². The third kappa shape index (κ3) is 6.37. The number of halogens is 2. The zero-order valence-corrected chi connectivity index (χ0v) is 22.9. The van der Waals surface area contributed by atoms with Gasteiger partial charge >= 0.3 is 0 Å². The summed E-state index contributed by atoms with van der Waals surface area (Å²) in [6.45, 7) is 4.67. The number of amides is 2. The van der Waals surface area contributed by atoms with Gasteiger partial charge in [-0.1, -0.05) is 59.6 Å². The monoisotopic (exact) mass is 549 g/mol. The van der Waals surface area contributed by atoms with Gasteiger partial charge in [-0.15, -0.1) is 0 Å². The Balaban J connectivity index is 1.89. The zero-order chi connectivity index (χ0) is 26.6. The molecule has 0 aliphatic rings. The Morgan fingerprint density at radius 1 is 0.917 bits per heavy atom. The first-order valence-electron chi connectivity index (χ1n) is 11.4. The first kappa shape index (κ1) is 27.9. The van der Waals surface area contributed by atoms with Gasteiger partial charge in [-0.05, 0) is 55.8 Å². The van der Waals surface area contributed by atoms with E-state index < -0.39 is 28.5 Å². The predicted octanol–water partition coefficient (Wildman–Crippen LogP) is 4.71. The average molecular weight is 551 g/mol. The summed E-state index contributed by atoms with van der Waals surface area (Å²) in [6, 6.07) is 16.1. The van der Waals surface area contributed by atoms with Crippen molar-refractivity contribution < 1.29 is 18.0 Å². The molecule has 3 aromatic rings. The van der Waals surface area contributed by atoms with Crippen LogP contribution in [0.4, 0.5) is 0 Å². The van der Waals surface area contributed by atoms with E-state index in [0.29, 0.717) is 15.6 Å². The fourth-order valence-corrected chi connectivity index (χ4v) is 5.39. The number of likely N-dealkylation sites (N-methyl/N-ethyl adjacent to an activating group) is 1. The third-order valence-corrected chi connectivity index (χ3v) is 8.28. The van der Waals surface area contributed by atoms with E-state index in [4.69, 9.17) is 23.2 Å². The van der Waals surface area contributed by atoms with Gasteiger partial charge in [-0.25, -0.2) is 8.42 Å². The summed E-state index contributed by atoms with van der Waals surface area (Å²) >= 11 is 12.6. The van der Waals surface area contributed by atoms with E-state index in [2.05, 4.69) is 5.32 Å². The SMILES string of the molecule is CC(C)NC(=O)[C@H](C)N(Cc1c(Cl)cccc1Cl)C(=O)CN(C)S(=O)(=O)c1ccc2ccccc2c1. The van der Waals surface area contributed by atoms with Crippen LogP contribution in [0.25, 0.3) is 10.8 Å². The Hall–Kier alpha value is -2.65. The molecule has 3 aromatic carbocycles. The molecule has 0 saturated carbocycles. The highest BCUT2D eigenvalue weighted by Crippen LogP contribution is 2.27. The fourth-order valence-electron chi connectivity index (χ4n) is 3.72. The van der Waals surface area contributed by atoms with Gasteiger partial charge in [0.1, 0.15) is 6.04 Å². The molecule has 10 heteroatoms. The maximum atomic E-state index is 13.5. The molecule has 2 amide bonds. The molecule has 0 aliphatic carbocycles. The van der Waals surface area contributed by atoms with Crippen molar-refractivity contribution >= 4 is 55.8 Å². The number of fused-ring (bicyclic) bond motifs is 1. The van der Waals surface area contributed by atoms with Crippen LogP contribution >= 0.6 is 23.2 Å². The van der Waals surface area contributed by atoms with E-state index in [-0.39, 0.29) is 23.4 Å². The lowest BCUT2D eigenvalue weighted by Crippen LogP contribution is -2.51. The van der Waals surface area contributed by atoms with Crippen LogP contribution in [0.3, 0.4) is 0 Å². The number of benzene rings is 3. The number of sulfonamides is 1. The highest BCUT2D eigenvalue weighted by Gasteiger charge is 2.31. The zero-order valence-electron chi connectivity index (χ0n) is 20.5. The van der Waals surface area contributed by atoms with Crippen molar-refractivity contribution in [3.8, 4) is 0 Å². The van der Waals surface area contributed by atoms with Crippen molar-refractivity contribution in [2.45, 2.75) is 44.3 Å². The molecule has 0 fully saturated rings. The van der Waals surface area contributed by atoms with Gasteiger partial charge in [0.2, 0.25) is 21.8 Å². The van der Waals surface area contributed by atoms with Crippen molar-refractivity contribution in [2.24, 2.45) is 0 Å². The number of carbonyl (C=O) groups is 2. The lowest BCUT2D eigenvalue weighted by molar-refractivity contribution is -0.140. The summed E-state index contributed by atoms with van der Waals surface area (Å²) in [5, 5.41) is 5.15. The number of rotatable bonds is 9. The average Bonchev–Trinajstić information content (AvgIpc) is 2.82. The summed E-state index contributed by atoms with van der Waals surface area (Å²) in [7, 11) is -2.64. The molecule has 1 atom stereocenters. The van der Waals surface area contributed by atoms with Crippen LogP contribution in [-0.4, -0.2) is 55.1 Å². The highest BCUT2D eigenvalue weighted by molar-refractivity contribution is 7.89. The largest absolute Gasteiger partial charge is 0.352 e. The van der Waals surface area contributed by atoms with Crippen molar-refractivity contribution in [3.63, 3.8) is 0 Å². The van der Waals surface area contributed by atoms with E-state index in [9.17, 15) is 18.0 Å². The maximum Gasteiger partial charge on any atom is 0.243 e. The van der Waals surface area contributed by atoms with Gasteiger partial charge < -0.3 is 10.2 Å². The van der Waals surface area contributed by atoms with E-state index in [1.165, 1.54) is 18.0 Å². The number of nitrogens with one attached hydrogen (secondary N) is 1. The van der Waals surface area contributed by atoms with Gasteiger partial charge in [0.25, 0.3) is 0 Å². The second-order valence-electron chi connectivity index (χ2n) is 8.83. The van der Waals surface area contributed by atoms with Crippen LogP contribution in [0.15, 0.2) is 65.6 Å². The van der Waals surface area contributed by atoms with Gasteiger partial charge in [0.15, 0.2) is 0 Å². The van der Waals surface area contributed by atoms with Crippen molar-refractivity contribution in [1.82, 2.24) is 14.5 Å². The molecule has 36 heavy (non-hydrogen) atoms. The highest BCUT2D eigenvalue weighted by atomic mass is 35.5. The number of hydrogen-bond donors (Lipinski definition) is 1. The molecule has 0 unspecified atom stereocenters. The minimum Gasteiger partial charge on any atom is -0.352 e. The van der Waals surface area contributed by atoms with E-state index in [1.807, 2.05) is 38.1 Å². The predicted molar refractivity (Wildman–Crippen MR) is 144 cm³/mol. The van der Waals surface area contributed by atoms with Gasteiger partial charge in [-0.3, -0.25) is 9.59 Å². The molecular weight excluding hydrogens is 521 g/mol. The number of hydrogen-bond acceptors (Lipinski definition) is 4. The maximum absolute atomic E-state index is 13.5. The van der Waals surface area contributed by atoms with Gasteiger partial charge in [0, 0.05) is 35.2 Å². The molecule has 0 radical (unpaired) electrons. The summed E-state index contributed by atoms with van der Waals surface area (Å²) in [6.07, 6.45) is 0. The molecule has 0 heterocycles. The minimum atomic E-state index is -3.98. The first-order valence-corrected chi connectivity index (χ1v) is 13.6. The Kier molecular flexibility index (Phi) is 9.00. The lowest BCUT2D eigenvalue weighted by Gasteiger charge is -2.31. The molecule has 1 N–H and O–H groups in total. The summed E-state index contributed by atoms with van der Waals surface area (Å²) in [5.41, 5.74) is 0.471. The molecule has 3 rings (SSSR count). The van der Waals surface area contributed by atoms with Crippen LogP contribution < -0.4 is 5.32 Å². The Morgan fingerprint density at radius 3 is 2.14 bits per heavy atom. The second kappa shape index (κ2) is 11.6. The van der Waals surface area contributed by atoms with E-state index in [0.717, 1.165) is 15.1 Å². The van der Waals surface area contributed by atoms with Crippen LogP contribution in [-0.2, 0) is 26.2 Å². The first-order chi connectivity index (χ1) is 16.9. The Labute approximate surface area is 222 Å². The molecule has 7 nitrogen and oxygen atoms in total. The second-order valence-corrected chi connectivity index (χ2v) is 11.7. The molecule has 192 valence electrons. The number of nitrogens with zero attached hydrogens (tertiary/aromatic N) is 2. The molecule has 0 saturated heterocycles. The third-order valence-electron chi connectivity index (χ3n) is 5.78. The van der Waals surface area contributed by atoms with Crippen molar-refractivity contribution in [3.05, 3.63) is 76.3 Å². The molecule has 0 spiro atoms. The van der Waals surface area contributed by atoms with E-state index >= 15 is 0 Å². The van der Waals surface area contributed by atoms with E-state index in [1.54, 1.807) is 37.3 Å². The Bertz CT molecular complexity index is 1360. The Morgan fingerprint density at radius 2 is 1.53 bits per heavy atom. The molecule has 0 aliphatic heterocycles. The normalized spacial score (nSPS) is 12.7. The summed E-state index contributed by atoms with van der Waals surface area (Å²) in [5.74, 6) is -0.939. The number of carbonyl (C=O) groups excluding carboxylic acids is 2. The van der Waals surface area contributed by atoms with Crippen molar-refractivity contribution in [2.75, 3.05) is 13.6 Å². The standard InChI is InChI=1S/C26H29Cl2N3O4S/c1-17(2)29-26(33)18(3)31(15-22-23(27)10-7-11-24(22)28)25(32)16-30(4)36(34,35)21-13-12-19-8-5-6-9-20(19)14-21/h5-14,17-18H,15-16H2,1-4H3,(H,29,33)/t18-/m0/s1. The van der Waals surface area contributed by atoms with Crippen LogP contribution in [0, 0.1) is 0 Å². The van der Waals surface area contributed by atoms with Crippen LogP contribution in [0.2, 0.25) is 10.0 Å². The topological polar surface area (TPSA) is 86.8 Å². The molecular formula is C26H29Cl2N3O4S. The fraction of sp³-hybridized carbons (Fsp3) is 0.308. The minimum absolute atomic E-state index is 0.0616. The molecule has 0 bridgehead atoms. The van der Waals surface area contributed by atoms with Crippen LogP contribution in [0.5, 0.6) is 0 Å². The molecule has 0 aromatic heterocycles.